The Kier molecular flexibility index (Phi) is 5.84. The summed E-state index contributed by atoms with van der Waals surface area (Å²) in [4.78, 5) is 29.1. The fraction of sp³-hybridized carbons (Fsp3) is 0.500. The molecular weight excluding hydrogens is 377 g/mol. The Morgan fingerprint density at radius 3 is 2.72 bits per heavy atom. The van der Waals surface area contributed by atoms with Crippen LogP contribution in [0.1, 0.15) is 28.9 Å². The standard InChI is InChI=1S/C20H24FN5O3/c21-17-6-2-1-4-15(17)13-26-14-18(22-23-26)20(28)25-7-3-5-16(12-25)19(27)24-8-10-29-11-9-24/h1-2,4,6,14,16H,3,5,7-13H2/t16-/m0/s1. The lowest BCUT2D eigenvalue weighted by molar-refractivity contribution is -0.141. The maximum absolute atomic E-state index is 13.8. The van der Waals surface area contributed by atoms with Gasteiger partial charge in [0.15, 0.2) is 5.69 Å². The number of morpholine rings is 1. The van der Waals surface area contributed by atoms with Crippen LogP contribution in [0.2, 0.25) is 0 Å². The van der Waals surface area contributed by atoms with Gasteiger partial charge < -0.3 is 14.5 Å². The largest absolute Gasteiger partial charge is 0.378 e. The molecule has 8 nitrogen and oxygen atoms in total. The van der Waals surface area contributed by atoms with E-state index in [0.717, 1.165) is 12.8 Å². The summed E-state index contributed by atoms with van der Waals surface area (Å²) in [6, 6.07) is 6.43. The number of hydrogen-bond acceptors (Lipinski definition) is 5. The second-order valence-corrected chi connectivity index (χ2v) is 7.42. The first-order valence-electron chi connectivity index (χ1n) is 9.91. The number of likely N-dealkylation sites (tertiary alicyclic amines) is 1. The molecular formula is C20H24FN5O3. The summed E-state index contributed by atoms with van der Waals surface area (Å²) in [5.41, 5.74) is 0.686. The number of hydrogen-bond donors (Lipinski definition) is 0. The molecule has 0 aliphatic carbocycles. The molecule has 0 bridgehead atoms. The van der Waals surface area contributed by atoms with Crippen LogP contribution in [0.3, 0.4) is 0 Å². The van der Waals surface area contributed by atoms with Crippen molar-refractivity contribution >= 4 is 11.8 Å². The normalized spacial score (nSPS) is 20.0. The molecule has 2 aromatic rings. The molecule has 1 aromatic carbocycles. The molecule has 9 heteroatoms. The summed E-state index contributed by atoms with van der Waals surface area (Å²) in [7, 11) is 0. The van der Waals surface area contributed by atoms with Crippen molar-refractivity contribution in [3.05, 3.63) is 47.5 Å². The topological polar surface area (TPSA) is 80.6 Å². The van der Waals surface area contributed by atoms with Crippen molar-refractivity contribution < 1.29 is 18.7 Å². The van der Waals surface area contributed by atoms with Gasteiger partial charge in [0, 0.05) is 31.7 Å². The van der Waals surface area contributed by atoms with E-state index in [0.29, 0.717) is 45.0 Å². The van der Waals surface area contributed by atoms with Crippen molar-refractivity contribution in [1.82, 2.24) is 24.8 Å². The first kappa shape index (κ1) is 19.5. The van der Waals surface area contributed by atoms with E-state index in [4.69, 9.17) is 4.74 Å². The maximum Gasteiger partial charge on any atom is 0.276 e. The molecule has 2 aliphatic rings. The van der Waals surface area contributed by atoms with Crippen LogP contribution in [0.25, 0.3) is 0 Å². The summed E-state index contributed by atoms with van der Waals surface area (Å²) >= 11 is 0. The van der Waals surface area contributed by atoms with E-state index in [1.54, 1.807) is 23.1 Å². The molecule has 2 aliphatic heterocycles. The molecule has 0 N–H and O–H groups in total. The Labute approximate surface area is 168 Å². The Morgan fingerprint density at radius 1 is 1.14 bits per heavy atom. The van der Waals surface area contributed by atoms with Gasteiger partial charge in [0.1, 0.15) is 5.82 Å². The van der Waals surface area contributed by atoms with Gasteiger partial charge in [0.05, 0.1) is 31.9 Å². The average molecular weight is 401 g/mol. The first-order valence-corrected chi connectivity index (χ1v) is 9.91. The van der Waals surface area contributed by atoms with E-state index in [1.165, 1.54) is 16.9 Å². The lowest BCUT2D eigenvalue weighted by atomic mass is 9.96. The minimum absolute atomic E-state index is 0.0917. The van der Waals surface area contributed by atoms with Crippen LogP contribution in [0, 0.1) is 11.7 Å². The lowest BCUT2D eigenvalue weighted by Crippen LogP contribution is -2.49. The minimum atomic E-state index is -0.323. The van der Waals surface area contributed by atoms with Gasteiger partial charge in [-0.25, -0.2) is 9.07 Å². The Bertz CT molecular complexity index is 881. The van der Waals surface area contributed by atoms with E-state index < -0.39 is 0 Å². The highest BCUT2D eigenvalue weighted by Gasteiger charge is 2.32. The van der Waals surface area contributed by atoms with Crippen LogP contribution in [0.5, 0.6) is 0 Å². The molecule has 154 valence electrons. The molecule has 1 atom stereocenters. The monoisotopic (exact) mass is 401 g/mol. The van der Waals surface area contributed by atoms with Crippen LogP contribution >= 0.6 is 0 Å². The number of halogens is 1. The third-order valence-corrected chi connectivity index (χ3v) is 5.43. The van der Waals surface area contributed by atoms with Crippen LogP contribution in [0.4, 0.5) is 4.39 Å². The van der Waals surface area contributed by atoms with E-state index in [1.807, 2.05) is 4.90 Å². The van der Waals surface area contributed by atoms with Gasteiger partial charge in [-0.1, -0.05) is 23.4 Å². The predicted octanol–water partition coefficient (Wildman–Crippen LogP) is 1.18. The Morgan fingerprint density at radius 2 is 1.93 bits per heavy atom. The third-order valence-electron chi connectivity index (χ3n) is 5.43. The molecule has 2 saturated heterocycles. The van der Waals surface area contributed by atoms with Gasteiger partial charge in [-0.2, -0.15) is 0 Å². The average Bonchev–Trinajstić information content (AvgIpc) is 3.23. The summed E-state index contributed by atoms with van der Waals surface area (Å²) in [6.45, 7) is 3.51. The summed E-state index contributed by atoms with van der Waals surface area (Å²) < 4.78 is 20.6. The molecule has 0 radical (unpaired) electrons. The molecule has 2 fully saturated rings. The van der Waals surface area contributed by atoms with Crippen molar-refractivity contribution in [2.75, 3.05) is 39.4 Å². The van der Waals surface area contributed by atoms with E-state index in [-0.39, 0.29) is 35.8 Å². The van der Waals surface area contributed by atoms with Gasteiger partial charge in [0.25, 0.3) is 5.91 Å². The molecule has 2 amide bonds. The molecule has 0 spiro atoms. The second-order valence-electron chi connectivity index (χ2n) is 7.42. The number of carbonyl (C=O) groups is 2. The molecule has 4 rings (SSSR count). The number of carbonyl (C=O) groups excluding carboxylic acids is 2. The number of amides is 2. The van der Waals surface area contributed by atoms with E-state index in [2.05, 4.69) is 10.3 Å². The predicted molar refractivity (Wildman–Crippen MR) is 102 cm³/mol. The molecule has 1 aromatic heterocycles. The maximum atomic E-state index is 13.8. The van der Waals surface area contributed by atoms with Crippen LogP contribution in [-0.4, -0.2) is 76.0 Å². The number of aromatic nitrogens is 3. The number of nitrogens with zero attached hydrogens (tertiary/aromatic N) is 5. The van der Waals surface area contributed by atoms with Gasteiger partial charge in [-0.05, 0) is 18.9 Å². The number of ether oxygens (including phenoxy) is 1. The summed E-state index contributed by atoms with van der Waals surface area (Å²) in [5.74, 6) is -0.672. The van der Waals surface area contributed by atoms with Crippen molar-refractivity contribution in [2.45, 2.75) is 19.4 Å². The van der Waals surface area contributed by atoms with Crippen molar-refractivity contribution in [3.8, 4) is 0 Å². The highest BCUT2D eigenvalue weighted by Crippen LogP contribution is 2.21. The fourth-order valence-electron chi connectivity index (χ4n) is 3.84. The number of rotatable bonds is 4. The molecule has 3 heterocycles. The lowest BCUT2D eigenvalue weighted by Gasteiger charge is -2.35. The van der Waals surface area contributed by atoms with Crippen LogP contribution in [-0.2, 0) is 16.1 Å². The number of benzene rings is 1. The fourth-order valence-corrected chi connectivity index (χ4v) is 3.84. The van der Waals surface area contributed by atoms with Crippen molar-refractivity contribution in [2.24, 2.45) is 5.92 Å². The van der Waals surface area contributed by atoms with Crippen LogP contribution < -0.4 is 0 Å². The SMILES string of the molecule is O=C(c1cn(Cc2ccccc2F)nn1)N1CCC[C@H](C(=O)N2CCOCC2)C1. The van der Waals surface area contributed by atoms with Gasteiger partial charge in [-0.15, -0.1) is 5.10 Å². The van der Waals surface area contributed by atoms with Crippen molar-refractivity contribution in [3.63, 3.8) is 0 Å². The molecule has 0 unspecified atom stereocenters. The van der Waals surface area contributed by atoms with E-state index >= 15 is 0 Å². The Hall–Kier alpha value is -2.81. The zero-order valence-electron chi connectivity index (χ0n) is 16.2. The molecule has 29 heavy (non-hydrogen) atoms. The second kappa shape index (κ2) is 8.69. The van der Waals surface area contributed by atoms with Crippen molar-refractivity contribution in [1.29, 1.82) is 0 Å². The highest BCUT2D eigenvalue weighted by molar-refractivity contribution is 5.92. The molecule has 0 saturated carbocycles. The van der Waals surface area contributed by atoms with Crippen LogP contribution in [0.15, 0.2) is 30.5 Å². The highest BCUT2D eigenvalue weighted by atomic mass is 19.1. The van der Waals surface area contributed by atoms with Gasteiger partial charge >= 0.3 is 0 Å². The third kappa shape index (κ3) is 4.45. The smallest absolute Gasteiger partial charge is 0.276 e. The zero-order chi connectivity index (χ0) is 20.2. The minimum Gasteiger partial charge on any atom is -0.378 e. The van der Waals surface area contributed by atoms with Gasteiger partial charge in [-0.3, -0.25) is 9.59 Å². The quantitative estimate of drug-likeness (QED) is 0.769. The zero-order valence-corrected chi connectivity index (χ0v) is 16.2. The number of piperidine rings is 1. The summed E-state index contributed by atoms with van der Waals surface area (Å²) in [6.07, 6.45) is 3.08. The van der Waals surface area contributed by atoms with Gasteiger partial charge in [0.2, 0.25) is 5.91 Å². The summed E-state index contributed by atoms with van der Waals surface area (Å²) in [5, 5.41) is 7.92. The van der Waals surface area contributed by atoms with E-state index in [9.17, 15) is 14.0 Å². The Balaban J connectivity index is 1.39. The first-order chi connectivity index (χ1) is 14.1.